The highest BCUT2D eigenvalue weighted by atomic mass is 16.5. The molecule has 1 aromatic rings. The Hall–Kier alpha value is -2.08. The van der Waals surface area contributed by atoms with Crippen molar-refractivity contribution in [3.8, 4) is 5.75 Å². The minimum Gasteiger partial charge on any atom is -0.496 e. The van der Waals surface area contributed by atoms with Gasteiger partial charge in [0.2, 0.25) is 11.8 Å². The molecule has 6 nitrogen and oxygen atoms in total. The van der Waals surface area contributed by atoms with Gasteiger partial charge < -0.3 is 20.3 Å². The molecule has 0 unspecified atom stereocenters. The fourth-order valence-corrected chi connectivity index (χ4v) is 4.60. The first-order chi connectivity index (χ1) is 14.1. The second-order valence-corrected chi connectivity index (χ2v) is 8.40. The van der Waals surface area contributed by atoms with Gasteiger partial charge in [0.25, 0.3) is 0 Å². The third kappa shape index (κ3) is 6.20. The molecule has 1 aromatic carbocycles. The zero-order valence-corrected chi connectivity index (χ0v) is 17.8. The van der Waals surface area contributed by atoms with Gasteiger partial charge in [-0.3, -0.25) is 9.59 Å². The average molecular weight is 402 g/mol. The topological polar surface area (TPSA) is 70.7 Å². The van der Waals surface area contributed by atoms with Crippen LogP contribution in [0.2, 0.25) is 0 Å². The van der Waals surface area contributed by atoms with Gasteiger partial charge >= 0.3 is 0 Å². The lowest BCUT2D eigenvalue weighted by atomic mass is 10.00. The number of nitrogens with one attached hydrogen (secondary N) is 2. The summed E-state index contributed by atoms with van der Waals surface area (Å²) >= 11 is 0. The summed E-state index contributed by atoms with van der Waals surface area (Å²) in [7, 11) is 1.66. The zero-order valence-electron chi connectivity index (χ0n) is 17.8. The maximum absolute atomic E-state index is 12.8. The van der Waals surface area contributed by atoms with Gasteiger partial charge in [-0.2, -0.15) is 0 Å². The first-order valence-corrected chi connectivity index (χ1v) is 11.0. The van der Waals surface area contributed by atoms with Gasteiger partial charge in [0.05, 0.1) is 13.0 Å². The first kappa shape index (κ1) is 21.6. The second kappa shape index (κ2) is 10.6. The maximum Gasteiger partial charge on any atom is 0.224 e. The van der Waals surface area contributed by atoms with Gasteiger partial charge in [-0.25, -0.2) is 0 Å². The van der Waals surface area contributed by atoms with E-state index in [0.717, 1.165) is 30.6 Å². The highest BCUT2D eigenvalue weighted by molar-refractivity contribution is 5.80. The van der Waals surface area contributed by atoms with E-state index in [1.165, 1.54) is 25.7 Å². The molecule has 0 aromatic heterocycles. The Bertz CT molecular complexity index is 688. The van der Waals surface area contributed by atoms with Crippen LogP contribution in [0.4, 0.5) is 0 Å². The van der Waals surface area contributed by atoms with E-state index in [1.807, 2.05) is 29.2 Å². The molecule has 29 heavy (non-hydrogen) atoms. The Morgan fingerprint density at radius 1 is 1.07 bits per heavy atom. The number of ether oxygens (including phenoxy) is 1. The van der Waals surface area contributed by atoms with E-state index in [-0.39, 0.29) is 23.8 Å². The molecule has 0 bridgehead atoms. The largest absolute Gasteiger partial charge is 0.496 e. The molecule has 2 N–H and O–H groups in total. The quantitative estimate of drug-likeness (QED) is 0.737. The molecule has 2 fully saturated rings. The summed E-state index contributed by atoms with van der Waals surface area (Å²) < 4.78 is 5.38. The maximum atomic E-state index is 12.8. The number of carbonyl (C=O) groups is 2. The summed E-state index contributed by atoms with van der Waals surface area (Å²) in [4.78, 5) is 26.8. The lowest BCUT2D eigenvalue weighted by Crippen LogP contribution is -2.46. The van der Waals surface area contributed by atoms with Crippen molar-refractivity contribution in [3.05, 3.63) is 29.8 Å². The number of carbonyl (C=O) groups excluding carboxylic acids is 2. The Labute approximate surface area is 174 Å². The standard InChI is InChI=1S/C23H35N3O3/c1-17(27)26-15-19(11-12-21(16-26)25-20-8-4-5-9-20)23(28)24-14-13-18-7-3-6-10-22(18)29-2/h3,6-7,10,19-21,25H,4-5,8-9,11-16H2,1-2H3,(H,24,28)/t19-,21+/m1/s1. The number of likely N-dealkylation sites (tertiary alicyclic amines) is 1. The average Bonchev–Trinajstić information content (AvgIpc) is 3.13. The van der Waals surface area contributed by atoms with Crippen LogP contribution in [0, 0.1) is 5.92 Å². The predicted octanol–water partition coefficient (Wildman–Crippen LogP) is 2.51. The number of benzene rings is 1. The van der Waals surface area contributed by atoms with Crippen LogP contribution >= 0.6 is 0 Å². The van der Waals surface area contributed by atoms with E-state index in [1.54, 1.807) is 14.0 Å². The molecule has 2 atom stereocenters. The Morgan fingerprint density at radius 3 is 2.55 bits per heavy atom. The lowest BCUT2D eigenvalue weighted by molar-refractivity contribution is -0.131. The Morgan fingerprint density at radius 2 is 1.83 bits per heavy atom. The number of para-hydroxylation sites is 1. The minimum absolute atomic E-state index is 0.0488. The second-order valence-electron chi connectivity index (χ2n) is 8.40. The van der Waals surface area contributed by atoms with Crippen molar-refractivity contribution in [2.24, 2.45) is 5.92 Å². The van der Waals surface area contributed by atoms with Crippen LogP contribution in [0.5, 0.6) is 5.75 Å². The van der Waals surface area contributed by atoms with Crippen molar-refractivity contribution in [3.63, 3.8) is 0 Å². The van der Waals surface area contributed by atoms with Crippen molar-refractivity contribution < 1.29 is 14.3 Å². The summed E-state index contributed by atoms with van der Waals surface area (Å²) in [6.07, 6.45) is 7.51. The fourth-order valence-electron chi connectivity index (χ4n) is 4.60. The molecule has 1 aliphatic carbocycles. The van der Waals surface area contributed by atoms with Crippen LogP contribution in [0.1, 0.15) is 51.0 Å². The normalized spacial score (nSPS) is 22.9. The number of amides is 2. The van der Waals surface area contributed by atoms with Crippen molar-refractivity contribution in [2.75, 3.05) is 26.7 Å². The van der Waals surface area contributed by atoms with Crippen LogP contribution in [0.15, 0.2) is 24.3 Å². The zero-order chi connectivity index (χ0) is 20.6. The third-order valence-electron chi connectivity index (χ3n) is 6.27. The molecule has 2 amide bonds. The van der Waals surface area contributed by atoms with E-state index in [4.69, 9.17) is 4.74 Å². The molecular weight excluding hydrogens is 366 g/mol. The molecule has 1 saturated heterocycles. The highest BCUT2D eigenvalue weighted by Crippen LogP contribution is 2.22. The van der Waals surface area contributed by atoms with E-state index in [0.29, 0.717) is 25.7 Å². The van der Waals surface area contributed by atoms with Crippen LogP contribution in [-0.2, 0) is 16.0 Å². The summed E-state index contributed by atoms with van der Waals surface area (Å²) in [6, 6.07) is 8.73. The molecule has 0 radical (unpaired) electrons. The van der Waals surface area contributed by atoms with Gasteiger partial charge in [0, 0.05) is 38.6 Å². The van der Waals surface area contributed by atoms with Crippen molar-refractivity contribution in [2.45, 2.75) is 64.0 Å². The van der Waals surface area contributed by atoms with Crippen molar-refractivity contribution in [1.29, 1.82) is 0 Å². The predicted molar refractivity (Wildman–Crippen MR) is 114 cm³/mol. The molecule has 3 rings (SSSR count). The van der Waals surface area contributed by atoms with Crippen molar-refractivity contribution in [1.82, 2.24) is 15.5 Å². The number of nitrogens with zero attached hydrogens (tertiary/aromatic N) is 1. The van der Waals surface area contributed by atoms with Gasteiger partial charge in [-0.15, -0.1) is 0 Å². The van der Waals surface area contributed by atoms with E-state index >= 15 is 0 Å². The number of methoxy groups -OCH3 is 1. The third-order valence-corrected chi connectivity index (χ3v) is 6.27. The first-order valence-electron chi connectivity index (χ1n) is 11.0. The summed E-state index contributed by atoms with van der Waals surface area (Å²) in [6.45, 7) is 3.39. The van der Waals surface area contributed by atoms with Gasteiger partial charge in [-0.05, 0) is 43.7 Å². The fraction of sp³-hybridized carbons (Fsp3) is 0.652. The molecule has 1 aliphatic heterocycles. The van der Waals surface area contributed by atoms with Crippen LogP contribution in [-0.4, -0.2) is 55.5 Å². The molecule has 6 heteroatoms. The molecule has 160 valence electrons. The molecule has 1 heterocycles. The number of hydrogen-bond acceptors (Lipinski definition) is 4. The van der Waals surface area contributed by atoms with Crippen molar-refractivity contribution >= 4 is 11.8 Å². The Kier molecular flexibility index (Phi) is 7.92. The van der Waals surface area contributed by atoms with Crippen LogP contribution < -0.4 is 15.4 Å². The number of rotatable bonds is 7. The number of hydrogen-bond donors (Lipinski definition) is 2. The van der Waals surface area contributed by atoms with Gasteiger partial charge in [0.1, 0.15) is 5.75 Å². The lowest BCUT2D eigenvalue weighted by Gasteiger charge is -2.27. The monoisotopic (exact) mass is 401 g/mol. The van der Waals surface area contributed by atoms with Gasteiger partial charge in [0.15, 0.2) is 0 Å². The highest BCUT2D eigenvalue weighted by Gasteiger charge is 2.30. The molecule has 2 aliphatic rings. The van der Waals surface area contributed by atoms with E-state index in [9.17, 15) is 9.59 Å². The summed E-state index contributed by atoms with van der Waals surface area (Å²) in [5.41, 5.74) is 1.09. The smallest absolute Gasteiger partial charge is 0.224 e. The Balaban J connectivity index is 1.52. The SMILES string of the molecule is COc1ccccc1CCNC(=O)[C@@H]1CC[C@H](NC2CCCC2)CN(C(C)=O)C1. The van der Waals surface area contributed by atoms with E-state index in [2.05, 4.69) is 10.6 Å². The van der Waals surface area contributed by atoms with Crippen LogP contribution in [0.25, 0.3) is 0 Å². The van der Waals surface area contributed by atoms with Gasteiger partial charge in [-0.1, -0.05) is 31.0 Å². The summed E-state index contributed by atoms with van der Waals surface area (Å²) in [5, 5.41) is 6.81. The molecular formula is C23H35N3O3. The minimum atomic E-state index is -0.146. The summed E-state index contributed by atoms with van der Waals surface area (Å²) in [5.74, 6) is 0.802. The van der Waals surface area contributed by atoms with E-state index < -0.39 is 0 Å². The van der Waals surface area contributed by atoms with Crippen LogP contribution in [0.3, 0.4) is 0 Å². The molecule has 0 spiro atoms. The molecule has 1 saturated carbocycles.